The molecule has 0 unspecified atom stereocenters. The highest BCUT2D eigenvalue weighted by Crippen LogP contribution is 2.40. The van der Waals surface area contributed by atoms with Gasteiger partial charge in [0, 0.05) is 12.1 Å². The van der Waals surface area contributed by atoms with Gasteiger partial charge in [-0.15, -0.1) is 0 Å². The maximum absolute atomic E-state index is 12.6. The molecule has 134 valence electrons. The van der Waals surface area contributed by atoms with Gasteiger partial charge in [0.2, 0.25) is 0 Å². The van der Waals surface area contributed by atoms with Gasteiger partial charge in [0.25, 0.3) is 21.2 Å². The monoisotopic (exact) mass is 382 g/mol. The fourth-order valence-corrected chi connectivity index (χ4v) is 2.39. The summed E-state index contributed by atoms with van der Waals surface area (Å²) in [6.07, 6.45) is -5.28. The lowest BCUT2D eigenvalue weighted by Gasteiger charge is -2.11. The molecule has 0 aliphatic heterocycles. The Balaban J connectivity index is 3.76. The van der Waals surface area contributed by atoms with Gasteiger partial charge in [-0.1, -0.05) is 0 Å². The van der Waals surface area contributed by atoms with Crippen LogP contribution in [-0.2, 0) is 21.8 Å². The van der Waals surface area contributed by atoms with E-state index in [1.54, 1.807) is 0 Å². The number of benzene rings is 1. The predicted molar refractivity (Wildman–Crippen MR) is 63.4 cm³/mol. The maximum Gasteiger partial charge on any atom is 0.497 e. The number of nitrogens with zero attached hydrogens (tertiary/aromatic N) is 2. The first-order chi connectivity index (χ1) is 10.6. The van der Waals surface area contributed by atoms with E-state index in [1.165, 1.54) is 0 Å². The van der Waals surface area contributed by atoms with Crippen LogP contribution in [0.4, 0.5) is 37.7 Å². The van der Waals surface area contributed by atoms with Gasteiger partial charge in [-0.2, -0.15) is 26.3 Å². The molecule has 0 aliphatic rings. The number of rotatable bonds is 4. The van der Waals surface area contributed by atoms with E-state index in [1.807, 2.05) is 0 Å². The highest BCUT2D eigenvalue weighted by Gasteiger charge is 2.48. The van der Waals surface area contributed by atoms with Crippen molar-refractivity contribution in [2.45, 2.75) is 17.4 Å². The lowest BCUT2D eigenvalue weighted by atomic mass is 10.1. The zero-order valence-electron chi connectivity index (χ0n) is 10.9. The van der Waals surface area contributed by atoms with Crippen LogP contribution < -0.4 is 0 Å². The molecule has 1 rings (SSSR count). The van der Waals surface area contributed by atoms with Crippen molar-refractivity contribution in [1.82, 2.24) is 0 Å². The number of nitro groups is 2. The van der Waals surface area contributed by atoms with Gasteiger partial charge in [0.15, 0.2) is 0 Å². The molecule has 0 bridgehead atoms. The summed E-state index contributed by atoms with van der Waals surface area (Å²) in [4.78, 5) is 18.2. The molecule has 0 heterocycles. The quantitative estimate of drug-likeness (QED) is 0.448. The van der Waals surface area contributed by atoms with Gasteiger partial charge in [0.05, 0.1) is 21.2 Å². The van der Waals surface area contributed by atoms with Crippen LogP contribution in [-0.4, -0.2) is 23.8 Å². The summed E-state index contributed by atoms with van der Waals surface area (Å²) in [5.41, 5.74) is -12.9. The molecule has 0 aliphatic carbocycles. The second-order valence-corrected chi connectivity index (χ2v) is 6.19. The molecule has 8 nitrogen and oxygen atoms in total. The summed E-state index contributed by atoms with van der Waals surface area (Å²) < 4.78 is 96.9. The summed E-state index contributed by atoms with van der Waals surface area (Å²) >= 11 is 0. The van der Waals surface area contributed by atoms with Crippen LogP contribution in [0.15, 0.2) is 12.1 Å². The van der Waals surface area contributed by atoms with E-state index in [0.29, 0.717) is 0 Å². The molecule has 1 aromatic rings. The molecule has 1 aromatic carbocycles. The lowest BCUT2D eigenvalue weighted by molar-refractivity contribution is -0.395. The van der Waals surface area contributed by atoms with Crippen molar-refractivity contribution in [2.75, 3.05) is 0 Å². The number of sulfone groups is 1. The van der Waals surface area contributed by atoms with Crippen LogP contribution in [0.1, 0.15) is 11.1 Å². The molecule has 0 spiro atoms. The lowest BCUT2D eigenvalue weighted by Crippen LogP contribution is -2.25. The summed E-state index contributed by atoms with van der Waals surface area (Å²) in [6, 6.07) is -0.539. The van der Waals surface area contributed by atoms with Gasteiger partial charge in [-0.3, -0.25) is 20.2 Å². The first-order valence-corrected chi connectivity index (χ1v) is 7.05. The Kier molecular flexibility index (Phi) is 4.80. The Morgan fingerprint density at radius 2 is 1.29 bits per heavy atom. The van der Waals surface area contributed by atoms with Crippen LogP contribution in [0, 0.1) is 20.2 Å². The summed E-state index contributed by atoms with van der Waals surface area (Å²) in [5, 5.41) is 21.5. The minimum absolute atomic E-state index is 0.270. The third-order valence-corrected chi connectivity index (χ3v) is 3.98. The van der Waals surface area contributed by atoms with E-state index in [0.717, 1.165) is 0 Å². The van der Waals surface area contributed by atoms with E-state index in [-0.39, 0.29) is 12.1 Å². The average Bonchev–Trinajstić information content (AvgIpc) is 2.34. The minimum Gasteiger partial charge on any atom is -0.258 e. The van der Waals surface area contributed by atoms with Gasteiger partial charge >= 0.3 is 11.7 Å². The molecule has 0 atom stereocenters. The largest absolute Gasteiger partial charge is 0.497 e. The maximum atomic E-state index is 12.6. The predicted octanol–water partition coefficient (Wildman–Crippen LogP) is 2.96. The average molecular weight is 382 g/mol. The van der Waals surface area contributed by atoms with Gasteiger partial charge in [-0.05, 0) is 0 Å². The molecule has 0 N–H and O–H groups in total. The molecule has 0 saturated heterocycles. The van der Waals surface area contributed by atoms with Crippen LogP contribution in [0.2, 0.25) is 0 Å². The van der Waals surface area contributed by atoms with Gasteiger partial charge < -0.3 is 0 Å². The van der Waals surface area contributed by atoms with Gasteiger partial charge in [0.1, 0.15) is 5.56 Å². The molecule has 0 fully saturated rings. The van der Waals surface area contributed by atoms with Crippen molar-refractivity contribution in [3.63, 3.8) is 0 Å². The number of halogens is 6. The van der Waals surface area contributed by atoms with Crippen molar-refractivity contribution in [2.24, 2.45) is 0 Å². The molecular formula is C9H4F6N2O6S. The zero-order chi connectivity index (χ0) is 19.1. The Labute approximate surface area is 127 Å². The smallest absolute Gasteiger partial charge is 0.258 e. The Hall–Kier alpha value is -2.45. The second kappa shape index (κ2) is 5.88. The molecule has 15 heteroatoms. The Bertz CT molecular complexity index is 765. The third-order valence-electron chi connectivity index (χ3n) is 2.61. The molecule has 24 heavy (non-hydrogen) atoms. The summed E-state index contributed by atoms with van der Waals surface area (Å²) in [7, 11) is -6.10. The molecule has 0 aromatic heterocycles. The van der Waals surface area contributed by atoms with Crippen LogP contribution >= 0.6 is 0 Å². The van der Waals surface area contributed by atoms with Crippen molar-refractivity contribution in [3.05, 3.63) is 43.5 Å². The number of hydrogen-bond acceptors (Lipinski definition) is 6. The summed E-state index contributed by atoms with van der Waals surface area (Å²) in [6.45, 7) is 0. The minimum atomic E-state index is -6.10. The van der Waals surface area contributed by atoms with Crippen molar-refractivity contribution < 1.29 is 44.6 Å². The summed E-state index contributed by atoms with van der Waals surface area (Å²) in [5.74, 6) is -2.25. The topological polar surface area (TPSA) is 120 Å². The SMILES string of the molecule is O=[N+]([O-])c1cc(C(F)(F)F)cc([N+](=O)[O-])c1CS(=O)(=O)C(F)(F)F. The normalized spacial score (nSPS) is 12.9. The Morgan fingerprint density at radius 1 is 0.917 bits per heavy atom. The van der Waals surface area contributed by atoms with Crippen LogP contribution in [0.25, 0.3) is 0 Å². The molecule has 0 radical (unpaired) electrons. The molecule has 0 amide bonds. The van der Waals surface area contributed by atoms with Crippen molar-refractivity contribution in [3.8, 4) is 0 Å². The second-order valence-electron chi connectivity index (χ2n) is 4.21. The first-order valence-electron chi connectivity index (χ1n) is 5.40. The van der Waals surface area contributed by atoms with E-state index >= 15 is 0 Å². The first kappa shape index (κ1) is 19.6. The van der Waals surface area contributed by atoms with E-state index in [2.05, 4.69) is 0 Å². The molecular weight excluding hydrogens is 378 g/mol. The van der Waals surface area contributed by atoms with Crippen LogP contribution in [0.5, 0.6) is 0 Å². The van der Waals surface area contributed by atoms with Crippen molar-refractivity contribution >= 4 is 21.2 Å². The van der Waals surface area contributed by atoms with E-state index < -0.39 is 59.6 Å². The third kappa shape index (κ3) is 3.90. The fraction of sp³-hybridized carbons (Fsp3) is 0.333. The van der Waals surface area contributed by atoms with Gasteiger partial charge in [-0.25, -0.2) is 8.42 Å². The van der Waals surface area contributed by atoms with Crippen LogP contribution in [0.3, 0.4) is 0 Å². The number of alkyl halides is 6. The highest BCUT2D eigenvalue weighted by molar-refractivity contribution is 7.91. The Morgan fingerprint density at radius 3 is 1.54 bits per heavy atom. The standard InChI is InChI=1S/C9H4F6N2O6S/c10-8(11,12)4-1-6(16(18)19)5(7(2-4)17(20)21)3-24(22,23)9(13,14)15/h1-2H,3H2. The fourth-order valence-electron chi connectivity index (χ4n) is 1.55. The number of nitro benzene ring substituents is 2. The van der Waals surface area contributed by atoms with E-state index in [4.69, 9.17) is 0 Å². The molecule has 0 saturated carbocycles. The van der Waals surface area contributed by atoms with Crippen molar-refractivity contribution in [1.29, 1.82) is 0 Å². The zero-order valence-corrected chi connectivity index (χ0v) is 11.7. The number of hydrogen-bond donors (Lipinski definition) is 0. The van der Waals surface area contributed by atoms with E-state index in [9.17, 15) is 55.0 Å². The highest BCUT2D eigenvalue weighted by atomic mass is 32.2.